The molecule has 0 spiro atoms. The molecule has 3 atom stereocenters. The molecule has 1 aliphatic carbocycles. The lowest BCUT2D eigenvalue weighted by Crippen LogP contribution is -2.44. The van der Waals surface area contributed by atoms with Crippen LogP contribution in [0.2, 0.25) is 0 Å². The lowest BCUT2D eigenvalue weighted by Gasteiger charge is -2.30. The number of aromatic nitrogens is 3. The van der Waals surface area contributed by atoms with Crippen LogP contribution in [0.3, 0.4) is 0 Å². The Morgan fingerprint density at radius 3 is 2.75 bits per heavy atom. The quantitative estimate of drug-likeness (QED) is 0.649. The number of hydrogen-bond acceptors (Lipinski definition) is 5. The van der Waals surface area contributed by atoms with Crippen LogP contribution in [0.1, 0.15) is 45.4 Å². The fourth-order valence-corrected chi connectivity index (χ4v) is 3.30. The van der Waals surface area contributed by atoms with Crippen molar-refractivity contribution in [3.8, 4) is 0 Å². The van der Waals surface area contributed by atoms with E-state index in [2.05, 4.69) is 22.4 Å². The SMILES string of the molecule is Cc1nnc(S[C@@H](C)C(=O)N[C@@H]2CCCC[C@@H]2C)n1N. The number of nitrogens with one attached hydrogen (secondary N) is 1. The molecule has 20 heavy (non-hydrogen) atoms. The number of nitrogens with zero attached hydrogens (tertiary/aromatic N) is 3. The molecule has 1 saturated carbocycles. The van der Waals surface area contributed by atoms with Crippen LogP contribution in [0.4, 0.5) is 0 Å². The molecular weight excluding hydrogens is 274 g/mol. The number of rotatable bonds is 4. The first-order valence-corrected chi connectivity index (χ1v) is 8.01. The van der Waals surface area contributed by atoms with Crippen LogP contribution < -0.4 is 11.2 Å². The van der Waals surface area contributed by atoms with Gasteiger partial charge < -0.3 is 11.2 Å². The number of nitrogens with two attached hydrogens (primary N) is 1. The fourth-order valence-electron chi connectivity index (χ4n) is 2.47. The summed E-state index contributed by atoms with van der Waals surface area (Å²) in [5.41, 5.74) is 0. The van der Waals surface area contributed by atoms with Gasteiger partial charge in [0.25, 0.3) is 0 Å². The van der Waals surface area contributed by atoms with Crippen molar-refractivity contribution >= 4 is 17.7 Å². The third-order valence-electron chi connectivity index (χ3n) is 3.93. The predicted molar refractivity (Wildman–Crippen MR) is 79.8 cm³/mol. The molecule has 1 aliphatic rings. The number of thioether (sulfide) groups is 1. The van der Waals surface area contributed by atoms with E-state index in [4.69, 9.17) is 5.84 Å². The first-order valence-electron chi connectivity index (χ1n) is 7.13. The van der Waals surface area contributed by atoms with Gasteiger partial charge in [-0.2, -0.15) is 0 Å². The number of hydrogen-bond donors (Lipinski definition) is 2. The van der Waals surface area contributed by atoms with Gasteiger partial charge in [-0.3, -0.25) is 4.79 Å². The molecule has 2 rings (SSSR count). The average molecular weight is 297 g/mol. The van der Waals surface area contributed by atoms with E-state index >= 15 is 0 Å². The highest BCUT2D eigenvalue weighted by atomic mass is 32.2. The Morgan fingerprint density at radius 2 is 2.15 bits per heavy atom. The summed E-state index contributed by atoms with van der Waals surface area (Å²) in [6.45, 7) is 5.87. The molecule has 0 aliphatic heterocycles. The molecule has 1 aromatic heterocycles. The summed E-state index contributed by atoms with van der Waals surface area (Å²) in [5, 5.41) is 11.4. The molecule has 112 valence electrons. The van der Waals surface area contributed by atoms with Crippen molar-refractivity contribution in [3.05, 3.63) is 5.82 Å². The Kier molecular flexibility index (Phi) is 4.91. The summed E-state index contributed by atoms with van der Waals surface area (Å²) in [4.78, 5) is 12.2. The molecule has 0 unspecified atom stereocenters. The summed E-state index contributed by atoms with van der Waals surface area (Å²) in [5.74, 6) is 7.05. The van der Waals surface area contributed by atoms with Crippen LogP contribution in [-0.2, 0) is 4.79 Å². The van der Waals surface area contributed by atoms with Crippen LogP contribution in [0.25, 0.3) is 0 Å². The number of aryl methyl sites for hydroxylation is 1. The first-order chi connectivity index (χ1) is 9.49. The van der Waals surface area contributed by atoms with Gasteiger partial charge in [0.15, 0.2) is 0 Å². The van der Waals surface area contributed by atoms with E-state index in [-0.39, 0.29) is 11.2 Å². The van der Waals surface area contributed by atoms with Crippen molar-refractivity contribution in [1.29, 1.82) is 0 Å². The molecule has 1 heterocycles. The third-order valence-corrected chi connectivity index (χ3v) is 4.98. The van der Waals surface area contributed by atoms with E-state index < -0.39 is 0 Å². The highest BCUT2D eigenvalue weighted by molar-refractivity contribution is 8.00. The number of carbonyl (C=O) groups is 1. The highest BCUT2D eigenvalue weighted by Gasteiger charge is 2.26. The molecule has 1 amide bonds. The van der Waals surface area contributed by atoms with Gasteiger partial charge in [-0.15, -0.1) is 10.2 Å². The Hall–Kier alpha value is -1.24. The van der Waals surface area contributed by atoms with Gasteiger partial charge in [-0.25, -0.2) is 4.68 Å². The smallest absolute Gasteiger partial charge is 0.233 e. The van der Waals surface area contributed by atoms with E-state index in [1.165, 1.54) is 35.7 Å². The summed E-state index contributed by atoms with van der Waals surface area (Å²) < 4.78 is 1.41. The average Bonchev–Trinajstić information content (AvgIpc) is 2.73. The monoisotopic (exact) mass is 297 g/mol. The molecule has 7 heteroatoms. The Labute approximate surface area is 123 Å². The fraction of sp³-hybridized carbons (Fsp3) is 0.769. The maximum atomic E-state index is 12.2. The van der Waals surface area contributed by atoms with Gasteiger partial charge >= 0.3 is 0 Å². The minimum atomic E-state index is -0.227. The zero-order chi connectivity index (χ0) is 14.7. The molecule has 0 radical (unpaired) electrons. The number of nitrogen functional groups attached to an aromatic ring is 1. The summed E-state index contributed by atoms with van der Waals surface area (Å²) in [6, 6.07) is 0.303. The number of amides is 1. The second-order valence-corrected chi connectivity index (χ2v) is 6.84. The van der Waals surface area contributed by atoms with Crippen molar-refractivity contribution in [2.45, 2.75) is 62.9 Å². The molecule has 0 saturated heterocycles. The normalized spacial score (nSPS) is 24.4. The largest absolute Gasteiger partial charge is 0.352 e. The van der Waals surface area contributed by atoms with Gasteiger partial charge in [0.1, 0.15) is 5.82 Å². The maximum Gasteiger partial charge on any atom is 0.233 e. The van der Waals surface area contributed by atoms with Gasteiger partial charge in [-0.05, 0) is 32.6 Å². The Bertz CT molecular complexity index is 475. The van der Waals surface area contributed by atoms with E-state index in [0.717, 1.165) is 6.42 Å². The second kappa shape index (κ2) is 6.47. The number of carbonyl (C=O) groups excluding carboxylic acids is 1. The van der Waals surface area contributed by atoms with Crippen LogP contribution >= 0.6 is 11.8 Å². The minimum Gasteiger partial charge on any atom is -0.352 e. The standard InChI is InChI=1S/C13H23N5OS/c1-8-6-4-5-7-11(8)15-12(19)9(2)20-13-17-16-10(3)18(13)14/h8-9,11H,4-7,14H2,1-3H3,(H,15,19)/t8-,9-,11+/m0/s1. The molecule has 1 aromatic rings. The van der Waals surface area contributed by atoms with Gasteiger partial charge in [0.2, 0.25) is 11.1 Å². The van der Waals surface area contributed by atoms with Crippen molar-refractivity contribution in [2.75, 3.05) is 5.84 Å². The minimum absolute atomic E-state index is 0.0504. The van der Waals surface area contributed by atoms with Crippen molar-refractivity contribution in [2.24, 2.45) is 5.92 Å². The predicted octanol–water partition coefficient (Wildman–Crippen LogP) is 1.48. The first kappa shape index (κ1) is 15.2. The molecule has 3 N–H and O–H groups in total. The summed E-state index contributed by atoms with van der Waals surface area (Å²) in [7, 11) is 0. The third kappa shape index (κ3) is 3.45. The lowest BCUT2D eigenvalue weighted by atomic mass is 9.86. The molecule has 0 aromatic carbocycles. The molecule has 0 bridgehead atoms. The lowest BCUT2D eigenvalue weighted by molar-refractivity contribution is -0.121. The Balaban J connectivity index is 1.90. The topological polar surface area (TPSA) is 85.8 Å². The zero-order valence-electron chi connectivity index (χ0n) is 12.3. The van der Waals surface area contributed by atoms with E-state index in [1.807, 2.05) is 6.92 Å². The van der Waals surface area contributed by atoms with E-state index in [0.29, 0.717) is 22.9 Å². The van der Waals surface area contributed by atoms with Crippen molar-refractivity contribution < 1.29 is 4.79 Å². The molecule has 6 nitrogen and oxygen atoms in total. The van der Waals surface area contributed by atoms with E-state index in [9.17, 15) is 4.79 Å². The zero-order valence-corrected chi connectivity index (χ0v) is 13.1. The highest BCUT2D eigenvalue weighted by Crippen LogP contribution is 2.25. The van der Waals surface area contributed by atoms with E-state index in [1.54, 1.807) is 6.92 Å². The molecular formula is C13H23N5OS. The van der Waals surface area contributed by atoms with Crippen LogP contribution in [-0.4, -0.2) is 32.1 Å². The van der Waals surface area contributed by atoms with Crippen LogP contribution in [0, 0.1) is 12.8 Å². The summed E-state index contributed by atoms with van der Waals surface area (Å²) >= 11 is 1.34. The van der Waals surface area contributed by atoms with Gasteiger partial charge in [-0.1, -0.05) is 31.5 Å². The Morgan fingerprint density at radius 1 is 1.45 bits per heavy atom. The van der Waals surface area contributed by atoms with Crippen LogP contribution in [0.15, 0.2) is 5.16 Å². The second-order valence-electron chi connectivity index (χ2n) is 5.54. The molecule has 1 fully saturated rings. The maximum absolute atomic E-state index is 12.2. The van der Waals surface area contributed by atoms with Crippen molar-refractivity contribution in [1.82, 2.24) is 20.2 Å². The van der Waals surface area contributed by atoms with Gasteiger partial charge in [0.05, 0.1) is 5.25 Å². The van der Waals surface area contributed by atoms with Crippen LogP contribution in [0.5, 0.6) is 0 Å². The summed E-state index contributed by atoms with van der Waals surface area (Å²) in [6.07, 6.45) is 4.75. The van der Waals surface area contributed by atoms with Gasteiger partial charge in [0, 0.05) is 6.04 Å². The van der Waals surface area contributed by atoms with Crippen molar-refractivity contribution in [3.63, 3.8) is 0 Å².